The van der Waals surface area contributed by atoms with Crippen LogP contribution in [0.15, 0.2) is 42.2 Å². The normalized spacial score (nSPS) is 23.4. The van der Waals surface area contributed by atoms with Crippen LogP contribution < -0.4 is 0 Å². The summed E-state index contributed by atoms with van der Waals surface area (Å²) in [6.07, 6.45) is 4.78. The molecule has 2 aliphatic heterocycles. The van der Waals surface area contributed by atoms with E-state index in [0.29, 0.717) is 6.61 Å². The Labute approximate surface area is 139 Å². The van der Waals surface area contributed by atoms with Crippen LogP contribution in [-0.4, -0.2) is 31.4 Å². The largest absolute Gasteiger partial charge is 0.547 e. The number of amides is 1. The lowest BCUT2D eigenvalue weighted by Crippen LogP contribution is -2.44. The van der Waals surface area contributed by atoms with Crippen LogP contribution in [-0.2, 0) is 15.8 Å². The van der Waals surface area contributed by atoms with Gasteiger partial charge >= 0.3 is 6.09 Å². The molecule has 1 amide bonds. The monoisotopic (exact) mass is 331 g/mol. The number of ether oxygens (including phenoxy) is 1. The molecular formula is C18H25NO3Si. The van der Waals surface area contributed by atoms with Crippen molar-refractivity contribution in [1.29, 1.82) is 0 Å². The van der Waals surface area contributed by atoms with Crippen molar-refractivity contribution in [1.82, 2.24) is 4.90 Å². The summed E-state index contributed by atoms with van der Waals surface area (Å²) < 4.78 is 11.6. The second-order valence-electron chi connectivity index (χ2n) is 7.30. The summed E-state index contributed by atoms with van der Waals surface area (Å²) in [5.74, 6) is 1.07. The Balaban J connectivity index is 1.62. The number of rotatable bonds is 4. The van der Waals surface area contributed by atoms with Gasteiger partial charge in [-0.2, -0.15) is 0 Å². The molecule has 0 spiro atoms. The fraction of sp³-hybridized carbons (Fsp3) is 0.500. The van der Waals surface area contributed by atoms with E-state index >= 15 is 0 Å². The topological polar surface area (TPSA) is 38.8 Å². The molecular weight excluding hydrogens is 306 g/mol. The summed E-state index contributed by atoms with van der Waals surface area (Å²) in [6.45, 7) is 6.90. The van der Waals surface area contributed by atoms with Gasteiger partial charge in [0.15, 0.2) is 0 Å². The number of hydrogen-bond acceptors (Lipinski definition) is 3. The molecule has 1 saturated heterocycles. The third-order valence-corrected chi connectivity index (χ3v) is 5.09. The maximum Gasteiger partial charge on any atom is 0.410 e. The van der Waals surface area contributed by atoms with E-state index in [1.54, 1.807) is 0 Å². The van der Waals surface area contributed by atoms with Gasteiger partial charge in [-0.15, -0.1) is 0 Å². The SMILES string of the molecule is C[Si](C)(C)OC1=C[C@@H]2CC[C@H](C1)N2C(=O)OCc1ccccc1. The Morgan fingerprint density at radius 1 is 1.22 bits per heavy atom. The van der Waals surface area contributed by atoms with Crippen molar-refractivity contribution in [3.05, 3.63) is 47.7 Å². The molecule has 4 nitrogen and oxygen atoms in total. The zero-order valence-electron chi connectivity index (χ0n) is 14.1. The second kappa shape index (κ2) is 6.39. The third kappa shape index (κ3) is 3.96. The standard InChI is InChI=1S/C18H25NO3Si/c1-23(2,3)22-17-11-15-9-10-16(12-17)19(15)18(20)21-13-14-7-5-4-6-8-14/h4-8,11,15-16H,9-10,12-13H2,1-3H3/t15-,16+/m0/s1. The number of hydrogen-bond donors (Lipinski definition) is 0. The second-order valence-corrected chi connectivity index (χ2v) is 11.7. The summed E-state index contributed by atoms with van der Waals surface area (Å²) in [4.78, 5) is 14.4. The molecule has 0 N–H and O–H groups in total. The number of benzene rings is 1. The molecule has 0 aromatic heterocycles. The molecule has 1 aromatic rings. The molecule has 23 heavy (non-hydrogen) atoms. The Bertz CT molecular complexity index is 594. The predicted molar refractivity (Wildman–Crippen MR) is 92.4 cm³/mol. The summed E-state index contributed by atoms with van der Waals surface area (Å²) in [5, 5.41) is 0. The Kier molecular flexibility index (Phi) is 4.48. The van der Waals surface area contributed by atoms with E-state index in [-0.39, 0.29) is 18.2 Å². The highest BCUT2D eigenvalue weighted by molar-refractivity contribution is 6.70. The average Bonchev–Trinajstić information content (AvgIpc) is 2.76. The molecule has 0 aliphatic carbocycles. The molecule has 5 heteroatoms. The van der Waals surface area contributed by atoms with Crippen LogP contribution >= 0.6 is 0 Å². The molecule has 1 aromatic carbocycles. The molecule has 2 aliphatic rings. The van der Waals surface area contributed by atoms with Gasteiger partial charge in [0.2, 0.25) is 8.32 Å². The van der Waals surface area contributed by atoms with Crippen LogP contribution in [0.2, 0.25) is 19.6 Å². The van der Waals surface area contributed by atoms with Gasteiger partial charge in [0.25, 0.3) is 0 Å². The Hall–Kier alpha value is -1.75. The van der Waals surface area contributed by atoms with E-state index in [4.69, 9.17) is 9.16 Å². The number of nitrogens with zero attached hydrogens (tertiary/aromatic N) is 1. The van der Waals surface area contributed by atoms with E-state index in [2.05, 4.69) is 25.7 Å². The lowest BCUT2D eigenvalue weighted by Gasteiger charge is -2.35. The molecule has 2 bridgehead atoms. The molecule has 2 atom stereocenters. The van der Waals surface area contributed by atoms with E-state index in [1.165, 1.54) is 0 Å². The van der Waals surface area contributed by atoms with Gasteiger partial charge < -0.3 is 9.16 Å². The zero-order chi connectivity index (χ0) is 16.4. The smallest absolute Gasteiger partial charge is 0.410 e. The maximum absolute atomic E-state index is 12.5. The number of carbonyl (C=O) groups excluding carboxylic acids is 1. The van der Waals surface area contributed by atoms with Gasteiger partial charge in [-0.05, 0) is 44.1 Å². The van der Waals surface area contributed by atoms with Crippen LogP contribution in [0, 0.1) is 0 Å². The van der Waals surface area contributed by atoms with Crippen molar-refractivity contribution in [2.75, 3.05) is 0 Å². The summed E-state index contributed by atoms with van der Waals surface area (Å²) >= 11 is 0. The van der Waals surface area contributed by atoms with Gasteiger partial charge in [-0.25, -0.2) is 4.79 Å². The van der Waals surface area contributed by atoms with E-state index in [9.17, 15) is 4.79 Å². The minimum Gasteiger partial charge on any atom is -0.547 e. The molecule has 2 heterocycles. The molecule has 124 valence electrons. The lowest BCUT2D eigenvalue weighted by molar-refractivity contribution is 0.0786. The van der Waals surface area contributed by atoms with Crippen LogP contribution in [0.1, 0.15) is 24.8 Å². The van der Waals surface area contributed by atoms with Crippen molar-refractivity contribution < 1.29 is 14.0 Å². The number of carbonyl (C=O) groups is 1. The van der Waals surface area contributed by atoms with E-state index in [0.717, 1.165) is 30.6 Å². The van der Waals surface area contributed by atoms with Gasteiger partial charge in [0.1, 0.15) is 6.61 Å². The third-order valence-electron chi connectivity index (χ3n) is 4.21. The summed E-state index contributed by atoms with van der Waals surface area (Å²) in [7, 11) is -1.59. The molecule has 0 unspecified atom stereocenters. The van der Waals surface area contributed by atoms with Crippen molar-refractivity contribution in [2.45, 2.75) is 57.6 Å². The van der Waals surface area contributed by atoms with Gasteiger partial charge in [-0.3, -0.25) is 4.90 Å². The van der Waals surface area contributed by atoms with Gasteiger partial charge in [-0.1, -0.05) is 30.3 Å². The Morgan fingerprint density at radius 2 is 1.96 bits per heavy atom. The van der Waals surface area contributed by atoms with E-state index < -0.39 is 8.32 Å². The highest BCUT2D eigenvalue weighted by atomic mass is 28.4. The van der Waals surface area contributed by atoms with Crippen molar-refractivity contribution in [3.63, 3.8) is 0 Å². The maximum atomic E-state index is 12.5. The average molecular weight is 331 g/mol. The predicted octanol–water partition coefficient (Wildman–Crippen LogP) is 4.30. The van der Waals surface area contributed by atoms with Crippen LogP contribution in [0.5, 0.6) is 0 Å². The fourth-order valence-electron chi connectivity index (χ4n) is 3.34. The molecule has 1 fully saturated rings. The highest BCUT2D eigenvalue weighted by Gasteiger charge is 2.41. The van der Waals surface area contributed by atoms with Gasteiger partial charge in [0, 0.05) is 12.5 Å². The van der Waals surface area contributed by atoms with Crippen molar-refractivity contribution >= 4 is 14.4 Å². The van der Waals surface area contributed by atoms with Crippen LogP contribution in [0.3, 0.4) is 0 Å². The fourth-order valence-corrected chi connectivity index (χ4v) is 4.28. The summed E-state index contributed by atoms with van der Waals surface area (Å²) in [5.41, 5.74) is 1.02. The number of fused-ring (bicyclic) bond motifs is 2. The first-order chi connectivity index (χ1) is 10.9. The zero-order valence-corrected chi connectivity index (χ0v) is 15.1. The van der Waals surface area contributed by atoms with Crippen LogP contribution in [0.4, 0.5) is 4.79 Å². The van der Waals surface area contributed by atoms with Crippen molar-refractivity contribution in [2.24, 2.45) is 0 Å². The molecule has 0 saturated carbocycles. The Morgan fingerprint density at radius 3 is 2.61 bits per heavy atom. The first kappa shape index (κ1) is 16.1. The van der Waals surface area contributed by atoms with Crippen LogP contribution in [0.25, 0.3) is 0 Å². The minimum atomic E-state index is -1.59. The summed E-state index contributed by atoms with van der Waals surface area (Å²) in [6, 6.07) is 10.2. The quantitative estimate of drug-likeness (QED) is 0.772. The van der Waals surface area contributed by atoms with Crippen molar-refractivity contribution in [3.8, 4) is 0 Å². The lowest BCUT2D eigenvalue weighted by atomic mass is 10.1. The highest BCUT2D eigenvalue weighted by Crippen LogP contribution is 2.36. The minimum absolute atomic E-state index is 0.128. The first-order valence-electron chi connectivity index (χ1n) is 8.31. The first-order valence-corrected chi connectivity index (χ1v) is 11.7. The molecule has 0 radical (unpaired) electrons. The van der Waals surface area contributed by atoms with E-state index in [1.807, 2.05) is 35.2 Å². The van der Waals surface area contributed by atoms with Gasteiger partial charge in [0.05, 0.1) is 11.8 Å². The molecule has 3 rings (SSSR count).